The molecule has 0 fully saturated rings. The number of ketones is 1. The van der Waals surface area contributed by atoms with E-state index < -0.39 is 6.10 Å². The van der Waals surface area contributed by atoms with E-state index in [1.165, 1.54) is 0 Å². The summed E-state index contributed by atoms with van der Waals surface area (Å²) in [6.45, 7) is 0. The van der Waals surface area contributed by atoms with Crippen molar-refractivity contribution in [3.05, 3.63) is 59.7 Å². The molecule has 124 valence electrons. The van der Waals surface area contributed by atoms with Gasteiger partial charge in [0.25, 0.3) is 0 Å². The number of ether oxygens (including phenoxy) is 2. The van der Waals surface area contributed by atoms with Gasteiger partial charge in [0.15, 0.2) is 17.3 Å². The fraction of sp³-hybridized carbons (Fsp3) is 0.250. The van der Waals surface area contributed by atoms with E-state index in [9.17, 15) is 9.90 Å². The zero-order valence-electron chi connectivity index (χ0n) is 13.6. The number of methoxy groups -OCH3 is 1. The van der Waals surface area contributed by atoms with E-state index in [0.717, 1.165) is 11.1 Å². The summed E-state index contributed by atoms with van der Waals surface area (Å²) in [7, 11) is 1.61. The van der Waals surface area contributed by atoms with Crippen molar-refractivity contribution in [1.82, 2.24) is 0 Å². The van der Waals surface area contributed by atoms with Crippen LogP contribution in [0.15, 0.2) is 48.5 Å². The summed E-state index contributed by atoms with van der Waals surface area (Å²) in [6.07, 6.45) is 4.15. The lowest BCUT2D eigenvalue weighted by Gasteiger charge is -2.12. The van der Waals surface area contributed by atoms with Crippen LogP contribution in [-0.4, -0.2) is 24.1 Å². The fourth-order valence-electron chi connectivity index (χ4n) is 2.65. The molecule has 4 nitrogen and oxygen atoms in total. The molecule has 0 radical (unpaired) electrons. The largest absolute Gasteiger partial charge is 0.493 e. The highest BCUT2D eigenvalue weighted by molar-refractivity contribution is 5.83. The van der Waals surface area contributed by atoms with Gasteiger partial charge < -0.3 is 14.6 Å². The molecule has 24 heavy (non-hydrogen) atoms. The van der Waals surface area contributed by atoms with Gasteiger partial charge in [0.2, 0.25) is 0 Å². The van der Waals surface area contributed by atoms with Gasteiger partial charge >= 0.3 is 0 Å². The van der Waals surface area contributed by atoms with E-state index in [4.69, 9.17) is 9.47 Å². The molecule has 4 rings (SSSR count). The third kappa shape index (κ3) is 3.84. The molecule has 2 aromatic rings. The maximum absolute atomic E-state index is 12.0. The van der Waals surface area contributed by atoms with Crippen molar-refractivity contribution in [2.24, 2.45) is 0 Å². The third-order valence-corrected chi connectivity index (χ3v) is 4.01. The topological polar surface area (TPSA) is 55.8 Å². The van der Waals surface area contributed by atoms with Crippen molar-refractivity contribution in [3.8, 4) is 17.2 Å². The van der Waals surface area contributed by atoms with Crippen LogP contribution in [0.4, 0.5) is 0 Å². The van der Waals surface area contributed by atoms with Crippen molar-refractivity contribution >= 4 is 11.9 Å². The first-order valence-corrected chi connectivity index (χ1v) is 7.98. The van der Waals surface area contributed by atoms with Gasteiger partial charge in [-0.25, -0.2) is 0 Å². The molecule has 2 aliphatic heterocycles. The summed E-state index contributed by atoms with van der Waals surface area (Å²) in [5.74, 6) is 1.84. The molecule has 2 aliphatic rings. The van der Waals surface area contributed by atoms with E-state index in [-0.39, 0.29) is 5.78 Å². The Morgan fingerprint density at radius 3 is 2.71 bits per heavy atom. The molecular formula is C20H20O4. The number of allylic oxidation sites excluding steroid dienone is 1. The lowest BCUT2D eigenvalue weighted by Crippen LogP contribution is -2.22. The number of hydrogen-bond donors (Lipinski definition) is 1. The van der Waals surface area contributed by atoms with Gasteiger partial charge in [-0.15, -0.1) is 0 Å². The minimum atomic E-state index is -0.962. The van der Waals surface area contributed by atoms with Gasteiger partial charge in [0.1, 0.15) is 11.9 Å². The Labute approximate surface area is 141 Å². The smallest absolute Gasteiger partial charge is 0.169 e. The fourth-order valence-corrected chi connectivity index (χ4v) is 2.65. The van der Waals surface area contributed by atoms with Crippen molar-refractivity contribution in [1.29, 1.82) is 0 Å². The monoisotopic (exact) mass is 324 g/mol. The summed E-state index contributed by atoms with van der Waals surface area (Å²) in [4.78, 5) is 12.0. The predicted molar refractivity (Wildman–Crippen MR) is 92.5 cm³/mol. The number of aliphatic hydroxyl groups excluding tert-OH is 1. The average molecular weight is 324 g/mol. The Kier molecular flexibility index (Phi) is 4.96. The molecule has 0 unspecified atom stereocenters. The van der Waals surface area contributed by atoms with Crippen LogP contribution in [0.5, 0.6) is 17.2 Å². The molecule has 0 spiro atoms. The number of carbonyl (C=O) groups is 1. The molecule has 4 heteroatoms. The number of carbonyl (C=O) groups excluding carboxylic acids is 1. The Balaban J connectivity index is 1.97. The van der Waals surface area contributed by atoms with Crippen LogP contribution in [0.1, 0.15) is 24.0 Å². The SMILES string of the molecule is COc1ccc2cc1Oc1ccc(cc1)C[C@H](O)C(=O)CC/C=C/2. The molecule has 0 saturated heterocycles. The van der Waals surface area contributed by atoms with Crippen molar-refractivity contribution in [2.45, 2.75) is 25.4 Å². The summed E-state index contributed by atoms with van der Waals surface area (Å²) in [5.41, 5.74) is 1.86. The number of hydrogen-bond acceptors (Lipinski definition) is 4. The number of fused-ring (bicyclic) bond motifs is 7. The van der Waals surface area contributed by atoms with Crippen molar-refractivity contribution in [3.63, 3.8) is 0 Å². The average Bonchev–Trinajstić information content (AvgIpc) is 2.60. The van der Waals surface area contributed by atoms with E-state index in [1.54, 1.807) is 7.11 Å². The van der Waals surface area contributed by atoms with Crippen LogP contribution in [0.3, 0.4) is 0 Å². The molecule has 0 aliphatic carbocycles. The van der Waals surface area contributed by atoms with Crippen LogP contribution in [0.25, 0.3) is 6.08 Å². The summed E-state index contributed by atoms with van der Waals surface area (Å²) in [5, 5.41) is 10.0. The highest BCUT2D eigenvalue weighted by Gasteiger charge is 2.15. The molecule has 0 amide bonds. The maximum atomic E-state index is 12.0. The molecule has 4 bridgehead atoms. The van der Waals surface area contributed by atoms with Crippen molar-refractivity contribution in [2.75, 3.05) is 7.11 Å². The minimum Gasteiger partial charge on any atom is -0.493 e. The standard InChI is InChI=1S/C20H20O4/c1-23-19-11-8-14-4-2-3-5-17(21)18(22)12-15-6-9-16(10-7-15)24-20(19)13-14/h2,4,6-11,13,18,22H,3,5,12H2,1H3/b4-2+/t18-/m0/s1. The van der Waals surface area contributed by atoms with Crippen LogP contribution in [-0.2, 0) is 11.2 Å². The molecule has 2 heterocycles. The van der Waals surface area contributed by atoms with Gasteiger partial charge in [0.05, 0.1) is 7.11 Å². The highest BCUT2D eigenvalue weighted by Crippen LogP contribution is 2.33. The number of Topliss-reactive ketones (excluding diaryl/α,β-unsaturated/α-hetero) is 1. The Morgan fingerprint density at radius 2 is 1.96 bits per heavy atom. The van der Waals surface area contributed by atoms with E-state index >= 15 is 0 Å². The first kappa shape index (κ1) is 16.3. The molecular weight excluding hydrogens is 304 g/mol. The number of benzene rings is 2. The van der Waals surface area contributed by atoms with Crippen LogP contribution in [0.2, 0.25) is 0 Å². The van der Waals surface area contributed by atoms with Crippen LogP contribution in [0, 0.1) is 0 Å². The molecule has 0 aromatic heterocycles. The molecule has 1 atom stereocenters. The zero-order valence-corrected chi connectivity index (χ0v) is 13.6. The van der Waals surface area contributed by atoms with Gasteiger partial charge in [-0.05, 0) is 41.8 Å². The first-order valence-electron chi connectivity index (χ1n) is 7.98. The first-order chi connectivity index (χ1) is 11.7. The van der Waals surface area contributed by atoms with Gasteiger partial charge in [0, 0.05) is 12.8 Å². The number of aliphatic hydroxyl groups is 1. The third-order valence-electron chi connectivity index (χ3n) is 4.01. The summed E-state index contributed by atoms with van der Waals surface area (Å²) in [6, 6.07) is 13.1. The van der Waals surface area contributed by atoms with Gasteiger partial charge in [-0.2, -0.15) is 0 Å². The van der Waals surface area contributed by atoms with Crippen LogP contribution >= 0.6 is 0 Å². The summed E-state index contributed by atoms with van der Waals surface area (Å²) >= 11 is 0. The zero-order chi connectivity index (χ0) is 16.9. The lowest BCUT2D eigenvalue weighted by atomic mass is 10.0. The molecule has 1 N–H and O–H groups in total. The van der Waals surface area contributed by atoms with Crippen molar-refractivity contribution < 1.29 is 19.4 Å². The van der Waals surface area contributed by atoms with Crippen LogP contribution < -0.4 is 9.47 Å². The lowest BCUT2D eigenvalue weighted by molar-refractivity contribution is -0.126. The van der Waals surface area contributed by atoms with E-state index in [1.807, 2.05) is 54.6 Å². The Morgan fingerprint density at radius 1 is 1.17 bits per heavy atom. The second-order valence-electron chi connectivity index (χ2n) is 5.78. The second kappa shape index (κ2) is 7.32. The van der Waals surface area contributed by atoms with Gasteiger partial charge in [-0.3, -0.25) is 4.79 Å². The van der Waals surface area contributed by atoms with Gasteiger partial charge in [-0.1, -0.05) is 30.4 Å². The van der Waals surface area contributed by atoms with E-state index in [2.05, 4.69) is 0 Å². The van der Waals surface area contributed by atoms with E-state index in [0.29, 0.717) is 36.5 Å². The maximum Gasteiger partial charge on any atom is 0.169 e. The molecule has 2 aromatic carbocycles. The Bertz CT molecular complexity index is 747. The highest BCUT2D eigenvalue weighted by atomic mass is 16.5. The Hall–Kier alpha value is -2.59. The molecule has 0 saturated carbocycles. The minimum absolute atomic E-state index is 0.134. The quantitative estimate of drug-likeness (QED) is 0.867. The normalized spacial score (nSPS) is 19.1. The summed E-state index contributed by atoms with van der Waals surface area (Å²) < 4.78 is 11.3. The predicted octanol–water partition coefficient (Wildman–Crippen LogP) is 3.77. The second-order valence-corrected chi connectivity index (χ2v) is 5.78. The number of rotatable bonds is 1.